The minimum absolute atomic E-state index is 0.262. The second kappa shape index (κ2) is 5.03. The molecule has 3 rings (SSSR count). The van der Waals surface area contributed by atoms with Crippen molar-refractivity contribution >= 4 is 22.9 Å². The highest BCUT2D eigenvalue weighted by Crippen LogP contribution is 2.30. The van der Waals surface area contributed by atoms with Crippen molar-refractivity contribution in [1.29, 1.82) is 0 Å². The van der Waals surface area contributed by atoms with Gasteiger partial charge in [0.15, 0.2) is 0 Å². The normalized spacial score (nSPS) is 10.6. The summed E-state index contributed by atoms with van der Waals surface area (Å²) in [5, 5.41) is 13.0. The summed E-state index contributed by atoms with van der Waals surface area (Å²) < 4.78 is 0. The van der Waals surface area contributed by atoms with Crippen LogP contribution in [0, 0.1) is 0 Å². The molecule has 0 spiro atoms. The Labute approximate surface area is 120 Å². The number of aromatic nitrogens is 1. The molecule has 3 aromatic rings. The van der Waals surface area contributed by atoms with Gasteiger partial charge in [-0.2, -0.15) is 0 Å². The first-order chi connectivity index (χ1) is 9.22. The van der Waals surface area contributed by atoms with Gasteiger partial charge in [-0.1, -0.05) is 23.7 Å². The third-order valence-corrected chi connectivity index (χ3v) is 3.90. The summed E-state index contributed by atoms with van der Waals surface area (Å²) in [4.78, 5) is 4.60. The molecule has 2 aromatic carbocycles. The van der Waals surface area contributed by atoms with E-state index in [1.54, 1.807) is 23.5 Å². The second-order valence-electron chi connectivity index (χ2n) is 4.09. The van der Waals surface area contributed by atoms with Gasteiger partial charge < -0.3 is 5.11 Å². The largest absolute Gasteiger partial charge is 0.508 e. The molecule has 19 heavy (non-hydrogen) atoms. The van der Waals surface area contributed by atoms with Crippen molar-refractivity contribution < 1.29 is 5.11 Å². The van der Waals surface area contributed by atoms with Crippen LogP contribution in [0.4, 0.5) is 0 Å². The van der Waals surface area contributed by atoms with Crippen LogP contribution in [0.3, 0.4) is 0 Å². The molecule has 1 heterocycles. The van der Waals surface area contributed by atoms with Crippen LogP contribution >= 0.6 is 22.9 Å². The van der Waals surface area contributed by atoms with Gasteiger partial charge in [0.25, 0.3) is 0 Å². The number of benzene rings is 2. The monoisotopic (exact) mass is 287 g/mol. The van der Waals surface area contributed by atoms with Gasteiger partial charge in [-0.05, 0) is 36.4 Å². The fourth-order valence-electron chi connectivity index (χ4n) is 1.76. The third-order valence-electron chi connectivity index (χ3n) is 2.76. The van der Waals surface area contributed by atoms with Gasteiger partial charge in [0.2, 0.25) is 0 Å². The van der Waals surface area contributed by atoms with Crippen LogP contribution in [0.2, 0.25) is 5.02 Å². The predicted octanol–water partition coefficient (Wildman–Crippen LogP) is 4.84. The summed E-state index contributed by atoms with van der Waals surface area (Å²) in [6.07, 6.45) is 0. The van der Waals surface area contributed by atoms with Crippen molar-refractivity contribution in [3.63, 3.8) is 0 Å². The Morgan fingerprint density at radius 1 is 0.895 bits per heavy atom. The summed E-state index contributed by atoms with van der Waals surface area (Å²) >= 11 is 7.46. The number of phenolic OH excluding ortho intramolecular Hbond substituents is 1. The van der Waals surface area contributed by atoms with Gasteiger partial charge in [0.05, 0.1) is 5.69 Å². The van der Waals surface area contributed by atoms with E-state index in [9.17, 15) is 5.11 Å². The van der Waals surface area contributed by atoms with E-state index in [0.29, 0.717) is 0 Å². The van der Waals surface area contributed by atoms with E-state index >= 15 is 0 Å². The maximum atomic E-state index is 9.28. The number of halogens is 1. The van der Waals surface area contributed by atoms with E-state index < -0.39 is 0 Å². The van der Waals surface area contributed by atoms with Crippen LogP contribution in [-0.2, 0) is 0 Å². The number of nitrogens with zero attached hydrogens (tertiary/aromatic N) is 1. The molecule has 0 unspecified atom stereocenters. The average Bonchev–Trinajstić information content (AvgIpc) is 2.90. The summed E-state index contributed by atoms with van der Waals surface area (Å²) in [5.41, 5.74) is 2.98. The van der Waals surface area contributed by atoms with Crippen LogP contribution in [0.25, 0.3) is 21.8 Å². The van der Waals surface area contributed by atoms with E-state index in [4.69, 9.17) is 11.6 Å². The number of rotatable bonds is 2. The predicted molar refractivity (Wildman–Crippen MR) is 79.7 cm³/mol. The number of phenols is 1. The van der Waals surface area contributed by atoms with E-state index in [0.717, 1.165) is 26.9 Å². The van der Waals surface area contributed by atoms with Crippen LogP contribution < -0.4 is 0 Å². The first-order valence-electron chi connectivity index (χ1n) is 5.73. The molecule has 1 N–H and O–H groups in total. The van der Waals surface area contributed by atoms with Crippen molar-refractivity contribution in [2.75, 3.05) is 0 Å². The smallest absolute Gasteiger partial charge is 0.124 e. The maximum Gasteiger partial charge on any atom is 0.124 e. The van der Waals surface area contributed by atoms with Crippen LogP contribution in [0.15, 0.2) is 53.9 Å². The summed E-state index contributed by atoms with van der Waals surface area (Å²) in [6, 6.07) is 14.7. The van der Waals surface area contributed by atoms with Gasteiger partial charge in [0, 0.05) is 21.5 Å². The lowest BCUT2D eigenvalue weighted by Crippen LogP contribution is -1.79. The van der Waals surface area contributed by atoms with Gasteiger partial charge in [-0.15, -0.1) is 11.3 Å². The topological polar surface area (TPSA) is 33.1 Å². The van der Waals surface area contributed by atoms with Crippen LogP contribution in [-0.4, -0.2) is 10.1 Å². The summed E-state index contributed by atoms with van der Waals surface area (Å²) in [5.74, 6) is 0.262. The average molecular weight is 288 g/mol. The fraction of sp³-hybridized carbons (Fsp3) is 0. The molecular weight excluding hydrogens is 278 g/mol. The lowest BCUT2D eigenvalue weighted by Gasteiger charge is -1.97. The molecule has 4 heteroatoms. The number of aromatic hydroxyl groups is 1. The van der Waals surface area contributed by atoms with E-state index in [2.05, 4.69) is 4.98 Å². The molecule has 94 valence electrons. The first-order valence-corrected chi connectivity index (χ1v) is 6.99. The molecule has 0 fully saturated rings. The third kappa shape index (κ3) is 2.62. The minimum Gasteiger partial charge on any atom is -0.508 e. The molecule has 0 saturated carbocycles. The van der Waals surface area contributed by atoms with E-state index in [1.165, 1.54) is 0 Å². The lowest BCUT2D eigenvalue weighted by molar-refractivity contribution is 0.475. The summed E-state index contributed by atoms with van der Waals surface area (Å²) in [6.45, 7) is 0. The molecular formula is C15H10ClNOS. The second-order valence-corrected chi connectivity index (χ2v) is 5.39. The Morgan fingerprint density at radius 2 is 1.53 bits per heavy atom. The van der Waals surface area contributed by atoms with Crippen LogP contribution in [0.5, 0.6) is 5.75 Å². The molecule has 0 radical (unpaired) electrons. The Bertz CT molecular complexity index is 629. The molecule has 2 nitrogen and oxygen atoms in total. The Hall–Kier alpha value is -1.84. The molecule has 1 aromatic heterocycles. The molecule has 0 aliphatic rings. The van der Waals surface area contributed by atoms with Crippen molar-refractivity contribution in [2.45, 2.75) is 0 Å². The standard InChI is InChI=1S/C15H10ClNOS/c16-12-5-1-10(2-6-12)14-9-19-15(17-14)11-3-7-13(18)8-4-11/h1-9,18H. The first kappa shape index (κ1) is 12.2. The van der Waals surface area contributed by atoms with Gasteiger partial charge in [-0.3, -0.25) is 0 Å². The van der Waals surface area contributed by atoms with Crippen molar-refractivity contribution in [2.24, 2.45) is 0 Å². The molecule has 0 aliphatic carbocycles. The number of thiazole rings is 1. The highest BCUT2D eigenvalue weighted by Gasteiger charge is 2.06. The molecule has 0 atom stereocenters. The van der Waals surface area contributed by atoms with Crippen molar-refractivity contribution in [1.82, 2.24) is 4.98 Å². The van der Waals surface area contributed by atoms with E-state index in [1.807, 2.05) is 41.8 Å². The highest BCUT2D eigenvalue weighted by atomic mass is 35.5. The zero-order valence-electron chi connectivity index (χ0n) is 9.88. The fourth-order valence-corrected chi connectivity index (χ4v) is 2.72. The Kier molecular flexibility index (Phi) is 3.23. The van der Waals surface area contributed by atoms with Crippen molar-refractivity contribution in [3.8, 4) is 27.6 Å². The SMILES string of the molecule is Oc1ccc(-c2nc(-c3ccc(Cl)cc3)cs2)cc1. The van der Waals surface area contributed by atoms with E-state index in [-0.39, 0.29) is 5.75 Å². The summed E-state index contributed by atoms with van der Waals surface area (Å²) in [7, 11) is 0. The molecule has 0 saturated heterocycles. The molecule has 0 aliphatic heterocycles. The van der Waals surface area contributed by atoms with Gasteiger partial charge >= 0.3 is 0 Å². The quantitative estimate of drug-likeness (QED) is 0.732. The number of hydrogen-bond donors (Lipinski definition) is 1. The zero-order valence-corrected chi connectivity index (χ0v) is 11.4. The molecule has 0 bridgehead atoms. The van der Waals surface area contributed by atoms with Crippen LogP contribution in [0.1, 0.15) is 0 Å². The maximum absolute atomic E-state index is 9.28. The molecule has 0 amide bonds. The Balaban J connectivity index is 1.95. The number of hydrogen-bond acceptors (Lipinski definition) is 3. The highest BCUT2D eigenvalue weighted by molar-refractivity contribution is 7.13. The zero-order chi connectivity index (χ0) is 13.2. The van der Waals surface area contributed by atoms with Gasteiger partial charge in [-0.25, -0.2) is 4.98 Å². The van der Waals surface area contributed by atoms with Gasteiger partial charge in [0.1, 0.15) is 10.8 Å². The Morgan fingerprint density at radius 3 is 2.21 bits per heavy atom. The minimum atomic E-state index is 0.262. The lowest BCUT2D eigenvalue weighted by atomic mass is 10.2. The van der Waals surface area contributed by atoms with Crippen molar-refractivity contribution in [3.05, 3.63) is 58.9 Å².